The summed E-state index contributed by atoms with van der Waals surface area (Å²) in [5.41, 5.74) is 1.33. The number of carbonyl (C=O) groups excluding carboxylic acids is 1. The fraction of sp³-hybridized carbons (Fsp3) is 0.364. The number of rotatable bonds is 5. The van der Waals surface area contributed by atoms with Gasteiger partial charge in [-0.05, 0) is 17.7 Å². The molecule has 0 bridgehead atoms. The maximum Gasteiger partial charge on any atom is 0.225 e. The van der Waals surface area contributed by atoms with Crippen molar-refractivity contribution in [2.75, 3.05) is 17.3 Å². The smallest absolute Gasteiger partial charge is 0.225 e. The van der Waals surface area contributed by atoms with Gasteiger partial charge in [0, 0.05) is 18.4 Å². The largest absolute Gasteiger partial charge is 0.392 e. The summed E-state index contributed by atoms with van der Waals surface area (Å²) in [5.74, 6) is -0.500. The number of hydrogen-bond donors (Lipinski definition) is 2. The summed E-state index contributed by atoms with van der Waals surface area (Å²) in [6.45, 7) is -0.0533. The van der Waals surface area contributed by atoms with Crippen LogP contribution < -0.4 is 5.32 Å². The lowest BCUT2D eigenvalue weighted by Crippen LogP contribution is -2.16. The van der Waals surface area contributed by atoms with Crippen LogP contribution >= 0.6 is 0 Å². The highest BCUT2D eigenvalue weighted by molar-refractivity contribution is 7.90. The van der Waals surface area contributed by atoms with Gasteiger partial charge in [-0.3, -0.25) is 4.79 Å². The van der Waals surface area contributed by atoms with Crippen molar-refractivity contribution < 1.29 is 18.3 Å². The molecule has 1 aromatic rings. The molecule has 0 heterocycles. The van der Waals surface area contributed by atoms with Gasteiger partial charge in [-0.2, -0.15) is 0 Å². The molecule has 0 unspecified atom stereocenters. The van der Waals surface area contributed by atoms with Gasteiger partial charge in [-0.15, -0.1) is 0 Å². The molecule has 0 aromatic heterocycles. The highest BCUT2D eigenvalue weighted by Crippen LogP contribution is 2.09. The number of aliphatic hydroxyl groups excluding tert-OH is 1. The van der Waals surface area contributed by atoms with E-state index in [0.29, 0.717) is 5.69 Å². The van der Waals surface area contributed by atoms with Crippen LogP contribution in [0.5, 0.6) is 0 Å². The molecule has 0 saturated heterocycles. The number of aliphatic hydroxyl groups is 1. The van der Waals surface area contributed by atoms with E-state index in [-0.39, 0.29) is 24.7 Å². The van der Waals surface area contributed by atoms with Crippen molar-refractivity contribution in [3.05, 3.63) is 29.8 Å². The Morgan fingerprint density at radius 3 is 2.35 bits per heavy atom. The first-order valence-corrected chi connectivity index (χ1v) is 7.14. The van der Waals surface area contributed by atoms with Gasteiger partial charge in [0.1, 0.15) is 9.84 Å². The number of nitrogens with one attached hydrogen (secondary N) is 1. The van der Waals surface area contributed by atoms with E-state index in [9.17, 15) is 13.2 Å². The first-order valence-electron chi connectivity index (χ1n) is 5.08. The first-order chi connectivity index (χ1) is 7.90. The molecule has 17 heavy (non-hydrogen) atoms. The maximum atomic E-state index is 11.4. The predicted octanol–water partition coefficient (Wildman–Crippen LogP) is 0.552. The van der Waals surface area contributed by atoms with Gasteiger partial charge in [-0.1, -0.05) is 12.1 Å². The normalized spacial score (nSPS) is 11.2. The maximum absolute atomic E-state index is 11.4. The SMILES string of the molecule is CS(=O)(=O)CCC(=O)Nc1ccc(CO)cc1. The molecule has 1 aromatic carbocycles. The summed E-state index contributed by atoms with van der Waals surface area (Å²) in [7, 11) is -3.12. The monoisotopic (exact) mass is 257 g/mol. The molecule has 0 fully saturated rings. The lowest BCUT2D eigenvalue weighted by molar-refractivity contribution is -0.115. The topological polar surface area (TPSA) is 83.5 Å². The van der Waals surface area contributed by atoms with Crippen molar-refractivity contribution in [3.63, 3.8) is 0 Å². The molecule has 1 amide bonds. The zero-order chi connectivity index (χ0) is 12.9. The Hall–Kier alpha value is -1.40. The quantitative estimate of drug-likeness (QED) is 0.807. The molecule has 0 aliphatic carbocycles. The van der Waals surface area contributed by atoms with E-state index >= 15 is 0 Å². The summed E-state index contributed by atoms with van der Waals surface area (Å²) < 4.78 is 21.7. The lowest BCUT2D eigenvalue weighted by Gasteiger charge is -2.05. The van der Waals surface area contributed by atoms with Crippen molar-refractivity contribution in [3.8, 4) is 0 Å². The van der Waals surface area contributed by atoms with E-state index < -0.39 is 9.84 Å². The fourth-order valence-electron chi connectivity index (χ4n) is 1.20. The predicted molar refractivity (Wildman–Crippen MR) is 65.3 cm³/mol. The number of anilines is 1. The van der Waals surface area contributed by atoms with E-state index in [1.807, 2.05) is 0 Å². The number of hydrogen-bond acceptors (Lipinski definition) is 4. The molecule has 0 atom stereocenters. The van der Waals surface area contributed by atoms with Gasteiger partial charge < -0.3 is 10.4 Å². The minimum Gasteiger partial charge on any atom is -0.392 e. The lowest BCUT2D eigenvalue weighted by atomic mass is 10.2. The zero-order valence-electron chi connectivity index (χ0n) is 9.51. The van der Waals surface area contributed by atoms with Crippen LogP contribution in [0.4, 0.5) is 5.69 Å². The zero-order valence-corrected chi connectivity index (χ0v) is 10.3. The van der Waals surface area contributed by atoms with Gasteiger partial charge in [-0.25, -0.2) is 8.42 Å². The Bertz CT molecular complexity index is 479. The van der Waals surface area contributed by atoms with Crippen LogP contribution in [0.2, 0.25) is 0 Å². The summed E-state index contributed by atoms with van der Waals surface area (Å²) in [6.07, 6.45) is 1.04. The highest BCUT2D eigenvalue weighted by atomic mass is 32.2. The Labute approximate surface area is 100 Å². The molecule has 94 valence electrons. The highest BCUT2D eigenvalue weighted by Gasteiger charge is 2.08. The number of sulfone groups is 1. The van der Waals surface area contributed by atoms with Gasteiger partial charge >= 0.3 is 0 Å². The van der Waals surface area contributed by atoms with Crippen LogP contribution in [-0.2, 0) is 21.2 Å². The van der Waals surface area contributed by atoms with Gasteiger partial charge in [0.25, 0.3) is 0 Å². The Balaban J connectivity index is 2.50. The van der Waals surface area contributed by atoms with Crippen molar-refractivity contribution >= 4 is 21.4 Å². The molecule has 1 rings (SSSR count). The number of carbonyl (C=O) groups is 1. The van der Waals surface area contributed by atoms with Gasteiger partial charge in [0.05, 0.1) is 12.4 Å². The molecule has 0 aliphatic heterocycles. The average molecular weight is 257 g/mol. The number of amides is 1. The second-order valence-corrected chi connectivity index (χ2v) is 6.04. The standard InChI is InChI=1S/C11H15NO4S/c1-17(15,16)7-6-11(14)12-10-4-2-9(8-13)3-5-10/h2-5,13H,6-8H2,1H3,(H,12,14). The van der Waals surface area contributed by atoms with Crippen molar-refractivity contribution in [2.24, 2.45) is 0 Å². The summed E-state index contributed by atoms with van der Waals surface area (Å²) >= 11 is 0. The van der Waals surface area contributed by atoms with Crippen molar-refractivity contribution in [1.82, 2.24) is 0 Å². The van der Waals surface area contributed by atoms with Crippen LogP contribution in [0.1, 0.15) is 12.0 Å². The first kappa shape index (κ1) is 13.7. The molecule has 5 nitrogen and oxygen atoms in total. The minimum absolute atomic E-state index is 0.0533. The third-order valence-corrected chi connectivity index (χ3v) is 3.07. The third kappa shape index (κ3) is 5.46. The minimum atomic E-state index is -3.12. The molecule has 0 saturated carbocycles. The van der Waals surface area contributed by atoms with Crippen molar-refractivity contribution in [2.45, 2.75) is 13.0 Å². The molecule has 6 heteroatoms. The Kier molecular flexibility index (Phi) is 4.65. The Morgan fingerprint density at radius 2 is 1.88 bits per heavy atom. The van der Waals surface area contributed by atoms with Crippen LogP contribution in [0, 0.1) is 0 Å². The average Bonchev–Trinajstić information content (AvgIpc) is 2.27. The van der Waals surface area contributed by atoms with Crippen LogP contribution in [0.3, 0.4) is 0 Å². The molecule has 2 N–H and O–H groups in total. The second-order valence-electron chi connectivity index (χ2n) is 3.78. The summed E-state index contributed by atoms with van der Waals surface area (Å²) in [5, 5.41) is 11.4. The summed E-state index contributed by atoms with van der Waals surface area (Å²) in [4.78, 5) is 11.4. The van der Waals surface area contributed by atoms with E-state index in [4.69, 9.17) is 5.11 Å². The van der Waals surface area contributed by atoms with E-state index in [2.05, 4.69) is 5.32 Å². The fourth-order valence-corrected chi connectivity index (χ4v) is 1.75. The van der Waals surface area contributed by atoms with Crippen LogP contribution in [-0.4, -0.2) is 31.4 Å². The van der Waals surface area contributed by atoms with Crippen LogP contribution in [0.25, 0.3) is 0 Å². The molecule has 0 radical (unpaired) electrons. The summed E-state index contributed by atoms with van der Waals surface area (Å²) in [6, 6.07) is 6.69. The van der Waals surface area contributed by atoms with Gasteiger partial charge in [0.2, 0.25) is 5.91 Å². The molecular formula is C11H15NO4S. The van der Waals surface area contributed by atoms with Crippen LogP contribution in [0.15, 0.2) is 24.3 Å². The molecular weight excluding hydrogens is 242 g/mol. The Morgan fingerprint density at radius 1 is 1.29 bits per heavy atom. The van der Waals surface area contributed by atoms with Gasteiger partial charge in [0.15, 0.2) is 0 Å². The van der Waals surface area contributed by atoms with E-state index in [0.717, 1.165) is 11.8 Å². The van der Waals surface area contributed by atoms with E-state index in [1.54, 1.807) is 24.3 Å². The third-order valence-electron chi connectivity index (χ3n) is 2.12. The number of benzene rings is 1. The van der Waals surface area contributed by atoms with Crippen molar-refractivity contribution in [1.29, 1.82) is 0 Å². The molecule has 0 aliphatic rings. The second kappa shape index (κ2) is 5.79. The molecule has 0 spiro atoms. The van der Waals surface area contributed by atoms with E-state index in [1.165, 1.54) is 0 Å².